The van der Waals surface area contributed by atoms with Crippen LogP contribution in [0.25, 0.3) is 0 Å². The molecule has 0 atom stereocenters. The van der Waals surface area contributed by atoms with Gasteiger partial charge in [0, 0.05) is 39.0 Å². The molecule has 0 rings (SSSR count). The van der Waals surface area contributed by atoms with E-state index in [1.165, 1.54) is 18.5 Å². The Bertz CT molecular complexity index is 138. The molecule has 15 heavy (non-hydrogen) atoms. The van der Waals surface area contributed by atoms with E-state index in [-0.39, 0.29) is 39.0 Å². The summed E-state index contributed by atoms with van der Waals surface area (Å²) in [6.07, 6.45) is 1.19. The topological polar surface area (TPSA) is 3.24 Å². The molecular weight excluding hydrogens is 364 g/mol. The van der Waals surface area contributed by atoms with Gasteiger partial charge in [0.15, 0.2) is 0 Å². The first-order chi connectivity index (χ1) is 5.86. The molecule has 0 saturated heterocycles. The summed E-state index contributed by atoms with van der Waals surface area (Å²) < 4.78 is 0. The van der Waals surface area contributed by atoms with Crippen LogP contribution in [0.4, 0.5) is 0 Å². The van der Waals surface area contributed by atoms with Crippen LogP contribution in [0.2, 0.25) is 0 Å². The van der Waals surface area contributed by atoms with Gasteiger partial charge < -0.3 is 4.90 Å². The third-order valence-corrected chi connectivity index (χ3v) is 2.64. The zero-order chi connectivity index (χ0) is 10.6. The summed E-state index contributed by atoms with van der Waals surface area (Å²) in [7, 11) is 2.17. The molecule has 98 valence electrons. The summed E-state index contributed by atoms with van der Waals surface area (Å²) in [6.45, 7) is 13.5. The van der Waals surface area contributed by atoms with Crippen molar-refractivity contribution in [2.24, 2.45) is 11.8 Å². The van der Waals surface area contributed by atoms with E-state index in [1.54, 1.807) is 0 Å². The molecule has 0 aromatic rings. The van der Waals surface area contributed by atoms with E-state index in [2.05, 4.69) is 53.5 Å². The predicted molar refractivity (Wildman–Crippen MR) is 59.9 cm³/mol. The van der Waals surface area contributed by atoms with Crippen molar-refractivity contribution in [2.45, 2.75) is 48.0 Å². The second-order valence-electron chi connectivity index (χ2n) is 4.69. The molecule has 0 aromatic carbocycles. The Hall–Kier alpha value is 1.21. The monoisotopic (exact) mass is 389 g/mol. The first kappa shape index (κ1) is 21.5. The van der Waals surface area contributed by atoms with Crippen LogP contribution in [-0.2, 0) is 39.0 Å². The molecule has 0 unspecified atom stereocenters. The summed E-state index contributed by atoms with van der Waals surface area (Å²) >= 11 is 0. The molecule has 0 N–H and O–H groups in total. The summed E-state index contributed by atoms with van der Waals surface area (Å²) in [5.41, 5.74) is 0. The molecule has 3 heteroatoms. The van der Waals surface area contributed by atoms with Gasteiger partial charge in [0.25, 0.3) is 0 Å². The van der Waals surface area contributed by atoms with E-state index in [1.807, 2.05) is 0 Å². The smallest absolute Gasteiger partial charge is 0 e. The number of nitrogens with zero attached hydrogens (tertiary/aromatic N) is 1. The summed E-state index contributed by atoms with van der Waals surface area (Å²) in [4.78, 5) is 2.34. The van der Waals surface area contributed by atoms with E-state index >= 15 is 0 Å². The summed E-state index contributed by atoms with van der Waals surface area (Å²) in [5.74, 6) is 1.40. The van der Waals surface area contributed by atoms with Crippen molar-refractivity contribution in [2.75, 3.05) is 7.05 Å². The van der Waals surface area contributed by atoms with Gasteiger partial charge in [-0.3, -0.25) is 12.1 Å². The Morgan fingerprint density at radius 3 is 1.67 bits per heavy atom. The van der Waals surface area contributed by atoms with Crippen molar-refractivity contribution in [1.29, 1.82) is 0 Å². The normalized spacial score (nSPS) is 11.2. The minimum atomic E-state index is 0. The molecule has 0 fully saturated rings. The minimum absolute atomic E-state index is 0. The molecule has 0 bridgehead atoms. The SMILES string of the molecule is C[C-](CC(C)C)N(C)[C-](C)C(C)C.[Rh].[Rh]. The Labute approximate surface area is 122 Å². The first-order valence-electron chi connectivity index (χ1n) is 5.25. The first-order valence-corrected chi connectivity index (χ1v) is 5.25. The summed E-state index contributed by atoms with van der Waals surface area (Å²) in [5, 5.41) is 0. The van der Waals surface area contributed by atoms with Gasteiger partial charge in [-0.25, -0.2) is 0 Å². The number of hydrogen-bond donors (Lipinski definition) is 0. The van der Waals surface area contributed by atoms with Gasteiger partial charge in [-0.15, -0.1) is 0 Å². The van der Waals surface area contributed by atoms with Gasteiger partial charge in [0.2, 0.25) is 0 Å². The Morgan fingerprint density at radius 2 is 1.40 bits per heavy atom. The molecule has 0 aliphatic heterocycles. The molecule has 0 aliphatic rings. The van der Waals surface area contributed by atoms with Crippen LogP contribution in [0.1, 0.15) is 48.0 Å². The van der Waals surface area contributed by atoms with Crippen LogP contribution in [-0.4, -0.2) is 11.9 Å². The molecule has 2 radical (unpaired) electrons. The van der Waals surface area contributed by atoms with Crippen LogP contribution in [0, 0.1) is 23.9 Å². The number of hydrogen-bond acceptors (Lipinski definition) is 1. The fraction of sp³-hybridized carbons (Fsp3) is 0.833. The predicted octanol–water partition coefficient (Wildman–Crippen LogP) is 3.72. The average Bonchev–Trinajstić information content (AvgIpc) is 2.00. The Morgan fingerprint density at radius 1 is 1.00 bits per heavy atom. The van der Waals surface area contributed by atoms with E-state index in [9.17, 15) is 0 Å². The third kappa shape index (κ3) is 8.96. The molecular formula is C12H25NRh2-2. The second-order valence-corrected chi connectivity index (χ2v) is 4.69. The van der Waals surface area contributed by atoms with E-state index in [0.717, 1.165) is 5.92 Å². The van der Waals surface area contributed by atoms with Gasteiger partial charge in [-0.1, -0.05) is 40.7 Å². The van der Waals surface area contributed by atoms with Gasteiger partial charge in [0.1, 0.15) is 0 Å². The van der Waals surface area contributed by atoms with Crippen LogP contribution in [0.3, 0.4) is 0 Å². The molecule has 0 saturated carbocycles. The van der Waals surface area contributed by atoms with Gasteiger partial charge in [-0.2, -0.15) is 26.2 Å². The van der Waals surface area contributed by atoms with Crippen LogP contribution >= 0.6 is 0 Å². The second kappa shape index (κ2) is 10.4. The Kier molecular flexibility index (Phi) is 14.8. The molecule has 1 nitrogen and oxygen atoms in total. The molecule has 0 amide bonds. The van der Waals surface area contributed by atoms with Gasteiger partial charge in [0.05, 0.1) is 0 Å². The van der Waals surface area contributed by atoms with Crippen LogP contribution < -0.4 is 0 Å². The molecule has 0 aromatic heterocycles. The standard InChI is InChI=1S/C12H25N.2Rh/c1-9(2)8-11(5)13(7)12(6)10(3)4;;/h9-10H,8H2,1-7H3;;/q-2;;. The molecule has 0 heterocycles. The summed E-state index contributed by atoms with van der Waals surface area (Å²) in [6, 6.07) is 2.93. The maximum absolute atomic E-state index is 2.34. The fourth-order valence-electron chi connectivity index (χ4n) is 1.42. The molecule has 0 spiro atoms. The maximum Gasteiger partial charge on any atom is 0 e. The van der Waals surface area contributed by atoms with Crippen LogP contribution in [0.5, 0.6) is 0 Å². The van der Waals surface area contributed by atoms with Gasteiger partial charge in [-0.05, 0) is 0 Å². The van der Waals surface area contributed by atoms with Crippen molar-refractivity contribution in [3.05, 3.63) is 12.1 Å². The third-order valence-electron chi connectivity index (χ3n) is 2.64. The van der Waals surface area contributed by atoms with Crippen molar-refractivity contribution in [1.82, 2.24) is 4.90 Å². The van der Waals surface area contributed by atoms with Gasteiger partial charge >= 0.3 is 0 Å². The van der Waals surface area contributed by atoms with Crippen molar-refractivity contribution >= 4 is 0 Å². The largest absolute Gasteiger partial charge is 0.603 e. The fourth-order valence-corrected chi connectivity index (χ4v) is 1.42. The Balaban J connectivity index is -0.000000720. The quantitative estimate of drug-likeness (QED) is 0.512. The average molecular weight is 389 g/mol. The maximum atomic E-state index is 2.34. The van der Waals surface area contributed by atoms with Crippen LogP contribution in [0.15, 0.2) is 0 Å². The van der Waals surface area contributed by atoms with E-state index in [4.69, 9.17) is 0 Å². The molecule has 0 aliphatic carbocycles. The minimum Gasteiger partial charge on any atom is -0.603 e. The zero-order valence-corrected chi connectivity index (χ0v) is 14.3. The zero-order valence-electron chi connectivity index (χ0n) is 11.0. The van der Waals surface area contributed by atoms with Crippen molar-refractivity contribution < 1.29 is 39.0 Å². The van der Waals surface area contributed by atoms with E-state index in [0.29, 0.717) is 5.92 Å². The van der Waals surface area contributed by atoms with Crippen molar-refractivity contribution in [3.63, 3.8) is 0 Å². The van der Waals surface area contributed by atoms with E-state index < -0.39 is 0 Å². The van der Waals surface area contributed by atoms with Crippen molar-refractivity contribution in [3.8, 4) is 0 Å². The number of rotatable bonds is 5.